The molecule has 0 saturated heterocycles. The van der Waals surface area contributed by atoms with Gasteiger partial charge in [-0.3, -0.25) is 4.79 Å². The number of H-pyrrole nitrogens is 1. The molecule has 0 fully saturated rings. The summed E-state index contributed by atoms with van der Waals surface area (Å²) in [6.07, 6.45) is 4.11. The number of aromatic amines is 1. The molecule has 2 aromatic heterocycles. The van der Waals surface area contributed by atoms with Gasteiger partial charge >= 0.3 is 0 Å². The number of carbonyl (C=O) groups is 1. The maximum atomic E-state index is 14.0. The smallest absolute Gasteiger partial charge is 0.200 e. The summed E-state index contributed by atoms with van der Waals surface area (Å²) in [5.41, 5.74) is 5.55. The lowest BCUT2D eigenvalue weighted by Crippen LogP contribution is -2.26. The standard InChI is InChI=1S/C14H10BrF2N3O/c15-6-3-7-8(5-20-14(7)19-4-6)13(21)11-9(16)1-2-10(18)12(11)17/h1,3-5,10H,2,18H2,(H,19,20). The van der Waals surface area contributed by atoms with E-state index in [0.717, 1.165) is 6.08 Å². The van der Waals surface area contributed by atoms with E-state index < -0.39 is 29.1 Å². The van der Waals surface area contributed by atoms with Crippen molar-refractivity contribution in [3.63, 3.8) is 0 Å². The van der Waals surface area contributed by atoms with E-state index in [2.05, 4.69) is 25.9 Å². The first-order valence-electron chi connectivity index (χ1n) is 6.17. The third-order valence-electron chi connectivity index (χ3n) is 3.32. The van der Waals surface area contributed by atoms with Crippen LogP contribution < -0.4 is 5.73 Å². The van der Waals surface area contributed by atoms with Gasteiger partial charge in [0.1, 0.15) is 17.3 Å². The Labute approximate surface area is 126 Å². The molecule has 4 nitrogen and oxygen atoms in total. The zero-order valence-corrected chi connectivity index (χ0v) is 12.2. The van der Waals surface area contributed by atoms with E-state index in [-0.39, 0.29) is 12.0 Å². The van der Waals surface area contributed by atoms with Gasteiger partial charge in [-0.25, -0.2) is 13.8 Å². The van der Waals surface area contributed by atoms with Gasteiger partial charge in [-0.1, -0.05) is 0 Å². The number of carbonyl (C=O) groups excluding carboxylic acids is 1. The molecule has 0 aliphatic heterocycles. The van der Waals surface area contributed by atoms with Crippen LogP contribution in [0, 0.1) is 0 Å². The lowest BCUT2D eigenvalue weighted by atomic mass is 9.94. The number of pyridine rings is 1. The Morgan fingerprint density at radius 1 is 1.48 bits per heavy atom. The van der Waals surface area contributed by atoms with Crippen molar-refractivity contribution in [1.29, 1.82) is 0 Å². The van der Waals surface area contributed by atoms with Crippen molar-refractivity contribution in [2.75, 3.05) is 0 Å². The first-order chi connectivity index (χ1) is 9.99. The monoisotopic (exact) mass is 353 g/mol. The topological polar surface area (TPSA) is 71.8 Å². The van der Waals surface area contributed by atoms with Gasteiger partial charge in [0.15, 0.2) is 0 Å². The molecule has 3 N–H and O–H groups in total. The quantitative estimate of drug-likeness (QED) is 0.813. The van der Waals surface area contributed by atoms with Crippen LogP contribution in [0.4, 0.5) is 8.78 Å². The first-order valence-corrected chi connectivity index (χ1v) is 6.97. The zero-order chi connectivity index (χ0) is 15.1. The van der Waals surface area contributed by atoms with Crippen molar-refractivity contribution >= 4 is 32.7 Å². The van der Waals surface area contributed by atoms with Gasteiger partial charge in [0.2, 0.25) is 5.78 Å². The molecule has 2 aromatic rings. The fourth-order valence-electron chi connectivity index (χ4n) is 2.25. The van der Waals surface area contributed by atoms with Crippen molar-refractivity contribution in [3.8, 4) is 0 Å². The minimum atomic E-state index is -0.987. The van der Waals surface area contributed by atoms with Crippen LogP contribution in [0.25, 0.3) is 11.0 Å². The normalized spacial score (nSPS) is 19.0. The molecule has 7 heteroatoms. The Morgan fingerprint density at radius 2 is 2.24 bits per heavy atom. The predicted molar refractivity (Wildman–Crippen MR) is 78.0 cm³/mol. The van der Waals surface area contributed by atoms with Crippen molar-refractivity contribution in [2.45, 2.75) is 12.5 Å². The third-order valence-corrected chi connectivity index (χ3v) is 3.76. The van der Waals surface area contributed by atoms with Crippen molar-refractivity contribution in [1.82, 2.24) is 9.97 Å². The highest BCUT2D eigenvalue weighted by atomic mass is 79.9. The van der Waals surface area contributed by atoms with E-state index >= 15 is 0 Å². The van der Waals surface area contributed by atoms with Crippen LogP contribution in [0.1, 0.15) is 16.8 Å². The lowest BCUT2D eigenvalue weighted by molar-refractivity contribution is 0.103. The van der Waals surface area contributed by atoms with E-state index in [1.54, 1.807) is 12.3 Å². The van der Waals surface area contributed by atoms with E-state index in [1.165, 1.54) is 6.20 Å². The predicted octanol–water partition coefficient (Wildman–Crippen LogP) is 3.32. The number of allylic oxidation sites excluding steroid dienone is 2. The molecule has 3 rings (SSSR count). The van der Waals surface area contributed by atoms with Crippen molar-refractivity contribution in [3.05, 3.63) is 51.8 Å². The van der Waals surface area contributed by atoms with Crippen LogP contribution in [0.3, 0.4) is 0 Å². The van der Waals surface area contributed by atoms with Gasteiger partial charge in [0.05, 0.1) is 11.6 Å². The molecule has 1 atom stereocenters. The summed E-state index contributed by atoms with van der Waals surface area (Å²) in [6, 6.07) is 0.674. The summed E-state index contributed by atoms with van der Waals surface area (Å²) >= 11 is 3.25. The van der Waals surface area contributed by atoms with E-state index in [1.807, 2.05) is 0 Å². The number of fused-ring (bicyclic) bond motifs is 1. The highest BCUT2D eigenvalue weighted by Crippen LogP contribution is 2.31. The first kappa shape index (κ1) is 14.1. The van der Waals surface area contributed by atoms with Gasteiger partial charge in [-0.2, -0.15) is 0 Å². The van der Waals surface area contributed by atoms with Gasteiger partial charge in [0.25, 0.3) is 0 Å². The Hall–Kier alpha value is -1.86. The number of Topliss-reactive ketones (excluding diaryl/α,β-unsaturated/α-hetero) is 1. The second kappa shape index (κ2) is 5.16. The van der Waals surface area contributed by atoms with Gasteiger partial charge in [-0.05, 0) is 34.5 Å². The molecule has 1 unspecified atom stereocenters. The van der Waals surface area contributed by atoms with Gasteiger partial charge in [0, 0.05) is 27.8 Å². The van der Waals surface area contributed by atoms with E-state index in [0.29, 0.717) is 15.5 Å². The second-order valence-corrected chi connectivity index (χ2v) is 5.61. The fraction of sp³-hybridized carbons (Fsp3) is 0.143. The second-order valence-electron chi connectivity index (χ2n) is 4.70. The maximum absolute atomic E-state index is 14.0. The fourth-order valence-corrected chi connectivity index (χ4v) is 2.58. The lowest BCUT2D eigenvalue weighted by Gasteiger charge is -2.16. The number of ketones is 1. The number of aromatic nitrogens is 2. The van der Waals surface area contributed by atoms with Crippen LogP contribution in [-0.2, 0) is 0 Å². The maximum Gasteiger partial charge on any atom is 0.200 e. The number of nitrogens with one attached hydrogen (secondary N) is 1. The molecule has 108 valence electrons. The largest absolute Gasteiger partial charge is 0.345 e. The number of hydrogen-bond donors (Lipinski definition) is 2. The number of rotatable bonds is 2. The van der Waals surface area contributed by atoms with Crippen LogP contribution in [-0.4, -0.2) is 21.8 Å². The summed E-state index contributed by atoms with van der Waals surface area (Å²) in [6.45, 7) is 0. The molecule has 0 bridgehead atoms. The summed E-state index contributed by atoms with van der Waals surface area (Å²) in [4.78, 5) is 19.3. The van der Waals surface area contributed by atoms with Crippen LogP contribution in [0.15, 0.2) is 46.2 Å². The summed E-state index contributed by atoms with van der Waals surface area (Å²) < 4.78 is 28.5. The zero-order valence-electron chi connectivity index (χ0n) is 10.7. The molecule has 0 aromatic carbocycles. The molecule has 1 aliphatic carbocycles. The Bertz CT molecular complexity index is 810. The Kier molecular flexibility index (Phi) is 3.46. The highest BCUT2D eigenvalue weighted by Gasteiger charge is 2.29. The number of nitrogens with two attached hydrogens (primary N) is 1. The van der Waals surface area contributed by atoms with Crippen LogP contribution in [0.2, 0.25) is 0 Å². The molecule has 0 radical (unpaired) electrons. The van der Waals surface area contributed by atoms with Gasteiger partial charge < -0.3 is 10.7 Å². The van der Waals surface area contributed by atoms with Crippen LogP contribution in [0.5, 0.6) is 0 Å². The number of halogens is 3. The molecular formula is C14H10BrF2N3O. The average molecular weight is 354 g/mol. The Balaban J connectivity index is 2.15. The minimum Gasteiger partial charge on any atom is -0.345 e. The van der Waals surface area contributed by atoms with E-state index in [9.17, 15) is 13.6 Å². The Morgan fingerprint density at radius 3 is 3.00 bits per heavy atom. The summed E-state index contributed by atoms with van der Waals surface area (Å²) in [5, 5.41) is 0.488. The summed E-state index contributed by atoms with van der Waals surface area (Å²) in [5.74, 6) is -2.55. The molecule has 21 heavy (non-hydrogen) atoms. The summed E-state index contributed by atoms with van der Waals surface area (Å²) in [7, 11) is 0. The SMILES string of the molecule is NC1CC=C(F)C(C(=O)c2c[nH]c3ncc(Br)cc23)=C1F. The van der Waals surface area contributed by atoms with E-state index in [4.69, 9.17) is 5.73 Å². The van der Waals surface area contributed by atoms with Gasteiger partial charge in [-0.15, -0.1) is 0 Å². The molecule has 1 aliphatic rings. The number of hydrogen-bond acceptors (Lipinski definition) is 3. The number of nitrogens with zero attached hydrogens (tertiary/aromatic N) is 1. The average Bonchev–Trinajstić information content (AvgIpc) is 2.86. The third kappa shape index (κ3) is 2.32. The van der Waals surface area contributed by atoms with Crippen LogP contribution >= 0.6 is 15.9 Å². The van der Waals surface area contributed by atoms with Crippen molar-refractivity contribution < 1.29 is 13.6 Å². The minimum absolute atomic E-state index is 0.0371. The molecule has 0 spiro atoms. The molecular weight excluding hydrogens is 344 g/mol. The molecule has 2 heterocycles. The molecule has 0 saturated carbocycles. The highest BCUT2D eigenvalue weighted by molar-refractivity contribution is 9.10. The van der Waals surface area contributed by atoms with Crippen molar-refractivity contribution in [2.24, 2.45) is 5.73 Å². The molecule has 0 amide bonds.